The summed E-state index contributed by atoms with van der Waals surface area (Å²) < 4.78 is 6.13. The number of ether oxygens (including phenoxy) is 1. The number of fused-ring (bicyclic) bond motifs is 1. The Labute approximate surface area is 168 Å². The molecule has 4 heteroatoms. The van der Waals surface area contributed by atoms with Crippen molar-refractivity contribution in [3.8, 4) is 0 Å². The van der Waals surface area contributed by atoms with Crippen LogP contribution in [0.1, 0.15) is 35.6 Å². The highest BCUT2D eigenvalue weighted by atomic mass is 16.5. The SMILES string of the molecule is OC(CO[C@@H]1CCCc2ccccc21)CN1CCN(Cc2ccccc2)CC1. The molecule has 1 fully saturated rings. The maximum absolute atomic E-state index is 10.5. The molecule has 4 rings (SSSR count). The van der Waals surface area contributed by atoms with Crippen molar-refractivity contribution in [1.29, 1.82) is 0 Å². The fourth-order valence-corrected chi connectivity index (χ4v) is 4.43. The van der Waals surface area contributed by atoms with Gasteiger partial charge in [0.15, 0.2) is 0 Å². The zero-order valence-electron chi connectivity index (χ0n) is 16.7. The molecule has 0 aromatic heterocycles. The average Bonchev–Trinajstić information content (AvgIpc) is 2.74. The van der Waals surface area contributed by atoms with Gasteiger partial charge in [0.1, 0.15) is 0 Å². The van der Waals surface area contributed by atoms with Gasteiger partial charge in [0.2, 0.25) is 0 Å². The summed E-state index contributed by atoms with van der Waals surface area (Å²) in [5.41, 5.74) is 4.09. The molecule has 4 nitrogen and oxygen atoms in total. The van der Waals surface area contributed by atoms with E-state index >= 15 is 0 Å². The molecule has 0 spiro atoms. The molecule has 1 N–H and O–H groups in total. The Kier molecular flexibility index (Phi) is 6.76. The summed E-state index contributed by atoms with van der Waals surface area (Å²) in [6, 6.07) is 19.2. The number of hydrogen-bond donors (Lipinski definition) is 1. The Morgan fingerprint density at radius 2 is 1.64 bits per heavy atom. The molecule has 28 heavy (non-hydrogen) atoms. The van der Waals surface area contributed by atoms with Crippen LogP contribution in [0.15, 0.2) is 54.6 Å². The van der Waals surface area contributed by atoms with Gasteiger partial charge in [-0.25, -0.2) is 0 Å². The zero-order valence-corrected chi connectivity index (χ0v) is 16.7. The van der Waals surface area contributed by atoms with Crippen LogP contribution in [0, 0.1) is 0 Å². The lowest BCUT2D eigenvalue weighted by atomic mass is 9.89. The second-order valence-corrected chi connectivity index (χ2v) is 8.13. The molecule has 0 amide bonds. The third-order valence-electron chi connectivity index (χ3n) is 5.99. The Morgan fingerprint density at radius 3 is 2.46 bits per heavy atom. The van der Waals surface area contributed by atoms with Gasteiger partial charge in [-0.1, -0.05) is 54.6 Å². The molecule has 1 heterocycles. The van der Waals surface area contributed by atoms with E-state index in [1.807, 2.05) is 0 Å². The molecule has 2 aromatic rings. The summed E-state index contributed by atoms with van der Waals surface area (Å²) in [5, 5.41) is 10.5. The minimum absolute atomic E-state index is 0.141. The van der Waals surface area contributed by atoms with E-state index in [4.69, 9.17) is 4.74 Å². The molecule has 2 aliphatic rings. The van der Waals surface area contributed by atoms with E-state index in [1.165, 1.54) is 23.1 Å². The van der Waals surface area contributed by atoms with E-state index in [2.05, 4.69) is 64.4 Å². The first-order chi connectivity index (χ1) is 13.8. The minimum atomic E-state index is -0.422. The second-order valence-electron chi connectivity index (χ2n) is 8.13. The topological polar surface area (TPSA) is 35.9 Å². The molecule has 2 aromatic carbocycles. The number of benzene rings is 2. The van der Waals surface area contributed by atoms with Gasteiger partial charge in [-0.05, 0) is 36.0 Å². The first-order valence-corrected chi connectivity index (χ1v) is 10.6. The fraction of sp³-hybridized carbons (Fsp3) is 0.500. The molecular weight excluding hydrogens is 348 g/mol. The van der Waals surface area contributed by atoms with Gasteiger partial charge in [-0.2, -0.15) is 0 Å². The van der Waals surface area contributed by atoms with Crippen LogP contribution in [0.2, 0.25) is 0 Å². The largest absolute Gasteiger partial charge is 0.389 e. The predicted molar refractivity (Wildman–Crippen MR) is 112 cm³/mol. The van der Waals surface area contributed by atoms with Crippen molar-refractivity contribution in [2.24, 2.45) is 0 Å². The van der Waals surface area contributed by atoms with Crippen LogP contribution in [-0.4, -0.2) is 60.3 Å². The van der Waals surface area contributed by atoms with Gasteiger partial charge in [-0.3, -0.25) is 9.80 Å². The predicted octanol–water partition coefficient (Wildman–Crippen LogP) is 3.26. The van der Waals surface area contributed by atoms with Crippen LogP contribution in [0.25, 0.3) is 0 Å². The first-order valence-electron chi connectivity index (χ1n) is 10.6. The molecule has 1 aliphatic heterocycles. The number of nitrogens with zero attached hydrogens (tertiary/aromatic N) is 2. The molecular formula is C24H32N2O2. The lowest BCUT2D eigenvalue weighted by molar-refractivity contribution is -0.0325. The Hall–Kier alpha value is -1.72. The normalized spacial score (nSPS) is 22.0. The number of aryl methyl sites for hydroxylation is 1. The van der Waals surface area contributed by atoms with Crippen LogP contribution < -0.4 is 0 Å². The van der Waals surface area contributed by atoms with Crippen molar-refractivity contribution in [2.45, 2.75) is 38.0 Å². The molecule has 0 bridgehead atoms. The van der Waals surface area contributed by atoms with E-state index in [1.54, 1.807) is 0 Å². The first kappa shape index (κ1) is 19.6. The van der Waals surface area contributed by atoms with Gasteiger partial charge in [0, 0.05) is 39.3 Å². The highest BCUT2D eigenvalue weighted by Gasteiger charge is 2.23. The summed E-state index contributed by atoms with van der Waals surface area (Å²) >= 11 is 0. The van der Waals surface area contributed by atoms with Crippen LogP contribution in [0.3, 0.4) is 0 Å². The summed E-state index contributed by atoms with van der Waals surface area (Å²) in [6.45, 7) is 6.27. The van der Waals surface area contributed by atoms with Gasteiger partial charge in [-0.15, -0.1) is 0 Å². The number of hydrogen-bond acceptors (Lipinski definition) is 4. The summed E-state index contributed by atoms with van der Waals surface area (Å²) in [7, 11) is 0. The number of aliphatic hydroxyl groups excluding tert-OH is 1. The summed E-state index contributed by atoms with van der Waals surface area (Å²) in [6.07, 6.45) is 3.09. The number of aliphatic hydroxyl groups is 1. The molecule has 1 aliphatic carbocycles. The van der Waals surface area contributed by atoms with Crippen molar-refractivity contribution >= 4 is 0 Å². The monoisotopic (exact) mass is 380 g/mol. The van der Waals surface area contributed by atoms with E-state index in [-0.39, 0.29) is 6.10 Å². The van der Waals surface area contributed by atoms with Crippen molar-refractivity contribution in [3.05, 3.63) is 71.3 Å². The molecule has 0 saturated carbocycles. The number of rotatable bonds is 7. The summed E-state index contributed by atoms with van der Waals surface area (Å²) in [4.78, 5) is 4.86. The van der Waals surface area contributed by atoms with Gasteiger partial charge in [0.05, 0.1) is 18.8 Å². The number of β-amino-alcohol motifs (C(OH)–C–C–N with tert-alkyl or cyclic N) is 1. The van der Waals surface area contributed by atoms with Crippen LogP contribution in [-0.2, 0) is 17.7 Å². The van der Waals surface area contributed by atoms with Gasteiger partial charge in [0.25, 0.3) is 0 Å². The van der Waals surface area contributed by atoms with Crippen molar-refractivity contribution in [3.63, 3.8) is 0 Å². The molecule has 1 unspecified atom stereocenters. The smallest absolute Gasteiger partial charge is 0.0900 e. The zero-order chi connectivity index (χ0) is 19.2. The molecule has 1 saturated heterocycles. The fourth-order valence-electron chi connectivity index (χ4n) is 4.43. The van der Waals surface area contributed by atoms with Crippen molar-refractivity contribution in [1.82, 2.24) is 9.80 Å². The standard InChI is InChI=1S/C24H32N2O2/c27-22(19-28-24-12-6-10-21-9-4-5-11-23(21)24)18-26-15-13-25(14-16-26)17-20-7-2-1-3-8-20/h1-5,7-9,11,22,24,27H,6,10,12-19H2/t22?,24-/m1/s1. The minimum Gasteiger partial charge on any atom is -0.389 e. The Morgan fingerprint density at radius 1 is 0.929 bits per heavy atom. The Bertz CT molecular complexity index is 728. The van der Waals surface area contributed by atoms with Gasteiger partial charge < -0.3 is 9.84 Å². The maximum atomic E-state index is 10.5. The van der Waals surface area contributed by atoms with E-state index in [0.29, 0.717) is 13.2 Å². The third-order valence-corrected chi connectivity index (χ3v) is 5.99. The lowest BCUT2D eigenvalue weighted by Gasteiger charge is -2.36. The van der Waals surface area contributed by atoms with Crippen LogP contribution in [0.5, 0.6) is 0 Å². The van der Waals surface area contributed by atoms with Crippen molar-refractivity contribution in [2.75, 3.05) is 39.3 Å². The average molecular weight is 381 g/mol. The van der Waals surface area contributed by atoms with Crippen LogP contribution in [0.4, 0.5) is 0 Å². The molecule has 0 radical (unpaired) electrons. The number of piperazine rings is 1. The van der Waals surface area contributed by atoms with Crippen LogP contribution >= 0.6 is 0 Å². The van der Waals surface area contributed by atoms with Crippen molar-refractivity contribution < 1.29 is 9.84 Å². The lowest BCUT2D eigenvalue weighted by Crippen LogP contribution is -2.48. The maximum Gasteiger partial charge on any atom is 0.0900 e. The highest BCUT2D eigenvalue weighted by Crippen LogP contribution is 2.32. The van der Waals surface area contributed by atoms with E-state index in [9.17, 15) is 5.11 Å². The quantitative estimate of drug-likeness (QED) is 0.800. The second kappa shape index (κ2) is 9.66. The van der Waals surface area contributed by atoms with E-state index < -0.39 is 6.10 Å². The third kappa shape index (κ3) is 5.21. The summed E-state index contributed by atoms with van der Waals surface area (Å²) in [5.74, 6) is 0. The molecule has 150 valence electrons. The molecule has 2 atom stereocenters. The highest BCUT2D eigenvalue weighted by molar-refractivity contribution is 5.31. The van der Waals surface area contributed by atoms with Gasteiger partial charge >= 0.3 is 0 Å². The van der Waals surface area contributed by atoms with E-state index in [0.717, 1.165) is 45.6 Å². The Balaban J connectivity index is 1.19.